The van der Waals surface area contributed by atoms with Crippen molar-refractivity contribution in [1.82, 2.24) is 10.6 Å². The van der Waals surface area contributed by atoms with Crippen LogP contribution in [0, 0.1) is 5.92 Å². The van der Waals surface area contributed by atoms with Crippen molar-refractivity contribution >= 4 is 41.0 Å². The average Bonchev–Trinajstić information content (AvgIpc) is 2.83. The van der Waals surface area contributed by atoms with Crippen molar-refractivity contribution in [3.05, 3.63) is 35.4 Å². The van der Waals surface area contributed by atoms with Gasteiger partial charge in [0, 0.05) is 17.7 Å². The second-order valence-electron chi connectivity index (χ2n) is 9.00. The van der Waals surface area contributed by atoms with Crippen LogP contribution in [-0.2, 0) is 25.5 Å². The molecule has 0 spiro atoms. The molecule has 1 aromatic carbocycles. The van der Waals surface area contributed by atoms with Crippen LogP contribution in [0.4, 0.5) is 29.3 Å². The van der Waals surface area contributed by atoms with E-state index in [0.29, 0.717) is 12.0 Å². The normalized spacial score (nSPS) is 14.9. The number of anilines is 2. The maximum Gasteiger partial charge on any atom is 0.471 e. The van der Waals surface area contributed by atoms with Gasteiger partial charge in [-0.25, -0.2) is 4.79 Å². The molecule has 1 aliphatic carbocycles. The standard InChI is InChI=1S/C25H31F3N4O6/c1-5-6-12-38-24(37)32-20(13(2)3)22(35)29-14(4)21(34)30-16-10-11-17(31-23(36)25(26,27)28)19-15(16)8-7-9-18(19)33/h5-6,10-11,13-14,20H,7-9,12H2,1-4H3,(H,29,35)(H,30,34)(H,31,36)(H,32,37)/b6-5+/t14-,20-/m0/s1. The zero-order chi connectivity index (χ0) is 28.6. The molecule has 1 aromatic rings. The van der Waals surface area contributed by atoms with Gasteiger partial charge in [-0.15, -0.1) is 0 Å². The number of ether oxygens (including phenoxy) is 1. The predicted octanol–water partition coefficient (Wildman–Crippen LogP) is 3.48. The molecule has 0 bridgehead atoms. The lowest BCUT2D eigenvalue weighted by Gasteiger charge is -2.25. The number of rotatable bonds is 9. The van der Waals surface area contributed by atoms with Gasteiger partial charge < -0.3 is 26.0 Å². The Hall–Kier alpha value is -3.90. The molecule has 1 aliphatic rings. The van der Waals surface area contributed by atoms with Gasteiger partial charge in [0.1, 0.15) is 18.7 Å². The monoisotopic (exact) mass is 540 g/mol. The topological polar surface area (TPSA) is 143 Å². The molecule has 2 rings (SSSR count). The molecule has 0 heterocycles. The van der Waals surface area contributed by atoms with Crippen molar-refractivity contribution in [2.75, 3.05) is 17.2 Å². The van der Waals surface area contributed by atoms with Crippen molar-refractivity contribution in [1.29, 1.82) is 0 Å². The minimum Gasteiger partial charge on any atom is -0.445 e. The van der Waals surface area contributed by atoms with E-state index in [1.807, 2.05) is 0 Å². The SMILES string of the molecule is C/C=C/COC(=O)N[C@H](C(=O)N[C@@H](C)C(=O)Nc1ccc(NC(=O)C(F)(F)F)c2c1CCCC2=O)C(C)C. The van der Waals surface area contributed by atoms with Crippen molar-refractivity contribution in [2.45, 2.75) is 65.2 Å². The number of hydrogen-bond acceptors (Lipinski definition) is 6. The third-order valence-corrected chi connectivity index (χ3v) is 5.71. The zero-order valence-corrected chi connectivity index (χ0v) is 21.5. The predicted molar refractivity (Wildman–Crippen MR) is 133 cm³/mol. The van der Waals surface area contributed by atoms with Crippen LogP contribution in [0.15, 0.2) is 24.3 Å². The number of nitrogens with one attached hydrogen (secondary N) is 4. The van der Waals surface area contributed by atoms with E-state index < -0.39 is 47.9 Å². The van der Waals surface area contributed by atoms with E-state index in [4.69, 9.17) is 4.74 Å². The minimum absolute atomic E-state index is 0.0269. The van der Waals surface area contributed by atoms with Crippen LogP contribution in [0.25, 0.3) is 0 Å². The van der Waals surface area contributed by atoms with Crippen molar-refractivity contribution in [3.8, 4) is 0 Å². The number of benzene rings is 1. The first kappa shape index (κ1) is 30.3. The highest BCUT2D eigenvalue weighted by molar-refractivity contribution is 6.09. The van der Waals surface area contributed by atoms with E-state index in [9.17, 15) is 37.1 Å². The maximum absolute atomic E-state index is 12.8. The first-order valence-electron chi connectivity index (χ1n) is 12.0. The van der Waals surface area contributed by atoms with Gasteiger partial charge in [-0.05, 0) is 50.3 Å². The molecule has 13 heteroatoms. The fourth-order valence-electron chi connectivity index (χ4n) is 3.72. The molecule has 0 saturated heterocycles. The van der Waals surface area contributed by atoms with Crippen LogP contribution in [-0.4, -0.2) is 54.5 Å². The van der Waals surface area contributed by atoms with Gasteiger partial charge >= 0.3 is 18.2 Å². The van der Waals surface area contributed by atoms with Gasteiger partial charge in [0.25, 0.3) is 0 Å². The van der Waals surface area contributed by atoms with Crippen molar-refractivity contribution in [2.24, 2.45) is 5.92 Å². The number of alkyl halides is 3. The molecule has 0 aromatic heterocycles. The number of carbonyl (C=O) groups excluding carboxylic acids is 5. The number of ketones is 1. The average molecular weight is 541 g/mol. The van der Waals surface area contributed by atoms with Crippen LogP contribution >= 0.6 is 0 Å². The number of fused-ring (bicyclic) bond motifs is 1. The zero-order valence-electron chi connectivity index (χ0n) is 21.5. The number of alkyl carbamates (subject to hydrolysis) is 1. The third kappa shape index (κ3) is 8.05. The summed E-state index contributed by atoms with van der Waals surface area (Å²) in [7, 11) is 0. The lowest BCUT2D eigenvalue weighted by Crippen LogP contribution is -2.53. The molecule has 0 unspecified atom stereocenters. The van der Waals surface area contributed by atoms with E-state index in [1.54, 1.807) is 38.2 Å². The third-order valence-electron chi connectivity index (χ3n) is 5.71. The second-order valence-corrected chi connectivity index (χ2v) is 9.00. The summed E-state index contributed by atoms with van der Waals surface area (Å²) in [5.74, 6) is -4.31. The van der Waals surface area contributed by atoms with E-state index in [2.05, 4.69) is 16.0 Å². The van der Waals surface area contributed by atoms with Crippen LogP contribution < -0.4 is 21.3 Å². The summed E-state index contributed by atoms with van der Waals surface area (Å²) in [6.45, 7) is 6.59. The molecule has 38 heavy (non-hydrogen) atoms. The fourth-order valence-corrected chi connectivity index (χ4v) is 3.72. The molecule has 208 valence electrons. The van der Waals surface area contributed by atoms with Crippen LogP contribution in [0.5, 0.6) is 0 Å². The summed E-state index contributed by atoms with van der Waals surface area (Å²) in [4.78, 5) is 61.5. The van der Waals surface area contributed by atoms with Gasteiger partial charge in [0.2, 0.25) is 11.8 Å². The largest absolute Gasteiger partial charge is 0.471 e. The molecule has 4 N–H and O–H groups in total. The molecule has 0 saturated carbocycles. The first-order valence-corrected chi connectivity index (χ1v) is 12.0. The van der Waals surface area contributed by atoms with E-state index in [0.717, 1.165) is 6.07 Å². The highest BCUT2D eigenvalue weighted by Crippen LogP contribution is 2.34. The Bertz CT molecular complexity index is 1120. The Morgan fingerprint density at radius 1 is 1.00 bits per heavy atom. The van der Waals surface area contributed by atoms with E-state index in [-0.39, 0.29) is 42.3 Å². The van der Waals surface area contributed by atoms with Gasteiger partial charge in [0.15, 0.2) is 5.78 Å². The summed E-state index contributed by atoms with van der Waals surface area (Å²) < 4.78 is 43.1. The Balaban J connectivity index is 2.15. The summed E-state index contributed by atoms with van der Waals surface area (Å²) in [6, 6.07) is 0.326. The molecule has 0 fully saturated rings. The Kier molecular flexibility index (Phi) is 10.4. The molecular formula is C25H31F3N4O6. The fraction of sp³-hybridized carbons (Fsp3) is 0.480. The van der Waals surface area contributed by atoms with Gasteiger partial charge in [-0.2, -0.15) is 13.2 Å². The Morgan fingerprint density at radius 3 is 2.26 bits per heavy atom. The van der Waals surface area contributed by atoms with Gasteiger partial charge in [0.05, 0.1) is 5.69 Å². The van der Waals surface area contributed by atoms with E-state index in [1.165, 1.54) is 13.0 Å². The minimum atomic E-state index is -5.14. The van der Waals surface area contributed by atoms with Crippen molar-refractivity contribution in [3.63, 3.8) is 0 Å². The first-order chi connectivity index (χ1) is 17.8. The molecule has 10 nitrogen and oxygen atoms in total. The Labute approximate surface area is 217 Å². The molecule has 0 radical (unpaired) electrons. The number of amides is 4. The number of allylic oxidation sites excluding steroid dienone is 1. The van der Waals surface area contributed by atoms with Crippen LogP contribution in [0.2, 0.25) is 0 Å². The Morgan fingerprint density at radius 2 is 1.66 bits per heavy atom. The maximum atomic E-state index is 12.8. The quantitative estimate of drug-likeness (QED) is 0.353. The molecule has 0 aliphatic heterocycles. The van der Waals surface area contributed by atoms with Crippen molar-refractivity contribution < 1.29 is 41.9 Å². The van der Waals surface area contributed by atoms with E-state index >= 15 is 0 Å². The number of halogens is 3. The van der Waals surface area contributed by atoms with Gasteiger partial charge in [-0.1, -0.05) is 26.0 Å². The highest BCUT2D eigenvalue weighted by atomic mass is 19.4. The highest BCUT2D eigenvalue weighted by Gasteiger charge is 2.39. The number of Topliss-reactive ketones (excluding diaryl/α,β-unsaturated/α-hetero) is 1. The lowest BCUT2D eigenvalue weighted by molar-refractivity contribution is -0.167. The second kappa shape index (κ2) is 13.1. The van der Waals surface area contributed by atoms with Crippen LogP contribution in [0.3, 0.4) is 0 Å². The summed E-state index contributed by atoms with van der Waals surface area (Å²) in [6.07, 6.45) is -1.88. The number of hydrogen-bond donors (Lipinski definition) is 4. The summed E-state index contributed by atoms with van der Waals surface area (Å²) >= 11 is 0. The molecular weight excluding hydrogens is 509 g/mol. The van der Waals surface area contributed by atoms with Gasteiger partial charge in [-0.3, -0.25) is 19.2 Å². The lowest BCUT2D eigenvalue weighted by atomic mass is 9.88. The molecule has 4 amide bonds. The number of carbonyl (C=O) groups is 5. The smallest absolute Gasteiger partial charge is 0.445 e. The summed E-state index contributed by atoms with van der Waals surface area (Å²) in [5, 5.41) is 9.28. The summed E-state index contributed by atoms with van der Waals surface area (Å²) in [5.41, 5.74) is 0.0799. The molecule has 2 atom stereocenters. The van der Waals surface area contributed by atoms with Crippen LogP contribution in [0.1, 0.15) is 56.5 Å².